The molecule has 0 saturated carbocycles. The average Bonchev–Trinajstić information content (AvgIpc) is 2.39. The number of pyridine rings is 1. The molecule has 2 rings (SSSR count). The van der Waals surface area contributed by atoms with Crippen molar-refractivity contribution < 1.29 is 9.59 Å². The van der Waals surface area contributed by atoms with Gasteiger partial charge < -0.3 is 5.32 Å². The molecule has 0 bridgehead atoms. The molecule has 2 amide bonds. The third-order valence-corrected chi connectivity index (χ3v) is 3.37. The predicted octanol–water partition coefficient (Wildman–Crippen LogP) is 1.41. The number of hydrogen-bond acceptors (Lipinski definition) is 3. The van der Waals surface area contributed by atoms with Crippen LogP contribution >= 0.6 is 0 Å². The second kappa shape index (κ2) is 5.38. The van der Waals surface area contributed by atoms with Gasteiger partial charge in [-0.05, 0) is 32.4 Å². The van der Waals surface area contributed by atoms with Crippen LogP contribution in [0.4, 0.5) is 5.69 Å². The maximum atomic E-state index is 12.4. The number of carbonyl (C=O) groups is 2. The molecule has 1 saturated heterocycles. The Kier molecular flexibility index (Phi) is 3.83. The van der Waals surface area contributed by atoms with Crippen molar-refractivity contribution in [3.8, 4) is 0 Å². The van der Waals surface area contributed by atoms with Gasteiger partial charge in [0.1, 0.15) is 12.1 Å². The van der Waals surface area contributed by atoms with Crippen molar-refractivity contribution >= 4 is 17.5 Å². The SMILES string of the molecule is CCCC1NC(=O)C(C)N(c2ccc(C)nc2)C1=O. The number of aryl methyl sites for hydroxylation is 1. The molecule has 19 heavy (non-hydrogen) atoms. The van der Waals surface area contributed by atoms with E-state index in [2.05, 4.69) is 10.3 Å². The lowest BCUT2D eigenvalue weighted by Crippen LogP contribution is -2.62. The highest BCUT2D eigenvalue weighted by Gasteiger charge is 2.38. The van der Waals surface area contributed by atoms with Gasteiger partial charge in [-0.2, -0.15) is 0 Å². The van der Waals surface area contributed by atoms with Crippen LogP contribution in [0.1, 0.15) is 32.4 Å². The zero-order chi connectivity index (χ0) is 14.0. The second-order valence-electron chi connectivity index (χ2n) is 4.89. The summed E-state index contributed by atoms with van der Waals surface area (Å²) in [6.07, 6.45) is 3.16. The van der Waals surface area contributed by atoms with Gasteiger partial charge in [-0.25, -0.2) is 0 Å². The maximum Gasteiger partial charge on any atom is 0.250 e. The van der Waals surface area contributed by atoms with E-state index in [1.165, 1.54) is 0 Å². The van der Waals surface area contributed by atoms with E-state index in [4.69, 9.17) is 0 Å². The van der Waals surface area contributed by atoms with E-state index >= 15 is 0 Å². The van der Waals surface area contributed by atoms with Gasteiger partial charge in [-0.3, -0.25) is 19.5 Å². The number of piperazine rings is 1. The lowest BCUT2D eigenvalue weighted by atomic mass is 10.0. The van der Waals surface area contributed by atoms with Crippen LogP contribution in [-0.4, -0.2) is 28.9 Å². The Bertz CT molecular complexity index is 484. The number of carbonyl (C=O) groups excluding carboxylic acids is 2. The fraction of sp³-hybridized carbons (Fsp3) is 0.500. The molecule has 0 aromatic carbocycles. The first kappa shape index (κ1) is 13.5. The molecule has 2 heterocycles. The van der Waals surface area contributed by atoms with E-state index in [-0.39, 0.29) is 11.8 Å². The van der Waals surface area contributed by atoms with E-state index < -0.39 is 12.1 Å². The Balaban J connectivity index is 2.32. The topological polar surface area (TPSA) is 62.3 Å². The molecule has 1 aliphatic heterocycles. The molecule has 1 N–H and O–H groups in total. The molecule has 5 nitrogen and oxygen atoms in total. The van der Waals surface area contributed by atoms with Gasteiger partial charge in [0.25, 0.3) is 0 Å². The molecular weight excluding hydrogens is 242 g/mol. The van der Waals surface area contributed by atoms with Crippen LogP contribution in [0.3, 0.4) is 0 Å². The predicted molar refractivity (Wildman–Crippen MR) is 72.8 cm³/mol. The standard InChI is InChI=1S/C14H19N3O2/c1-4-5-12-14(19)17(10(3)13(18)16-12)11-7-6-9(2)15-8-11/h6-8,10,12H,4-5H2,1-3H3,(H,16,18). The summed E-state index contributed by atoms with van der Waals surface area (Å²) in [4.78, 5) is 30.1. The van der Waals surface area contributed by atoms with E-state index in [9.17, 15) is 9.59 Å². The summed E-state index contributed by atoms with van der Waals surface area (Å²) in [6, 6.07) is 2.76. The molecule has 0 radical (unpaired) electrons. The van der Waals surface area contributed by atoms with Gasteiger partial charge in [-0.1, -0.05) is 13.3 Å². The monoisotopic (exact) mass is 261 g/mol. The average molecular weight is 261 g/mol. The summed E-state index contributed by atoms with van der Waals surface area (Å²) >= 11 is 0. The zero-order valence-corrected chi connectivity index (χ0v) is 11.5. The molecular formula is C14H19N3O2. The number of nitrogens with zero attached hydrogens (tertiary/aromatic N) is 2. The van der Waals surface area contributed by atoms with Gasteiger partial charge in [0.2, 0.25) is 11.8 Å². The van der Waals surface area contributed by atoms with Crippen LogP contribution in [-0.2, 0) is 9.59 Å². The molecule has 1 aliphatic rings. The van der Waals surface area contributed by atoms with E-state index in [1.807, 2.05) is 26.0 Å². The highest BCUT2D eigenvalue weighted by atomic mass is 16.2. The quantitative estimate of drug-likeness (QED) is 0.894. The van der Waals surface area contributed by atoms with E-state index in [1.54, 1.807) is 18.0 Å². The smallest absolute Gasteiger partial charge is 0.250 e. The lowest BCUT2D eigenvalue weighted by molar-refractivity contribution is -0.133. The first-order chi connectivity index (χ1) is 9.04. The minimum absolute atomic E-state index is 0.0559. The number of nitrogens with one attached hydrogen (secondary N) is 1. The van der Waals surface area contributed by atoms with Crippen LogP contribution in [0, 0.1) is 6.92 Å². The summed E-state index contributed by atoms with van der Waals surface area (Å²) in [7, 11) is 0. The molecule has 2 atom stereocenters. The maximum absolute atomic E-state index is 12.4. The van der Waals surface area contributed by atoms with Gasteiger partial charge in [0, 0.05) is 5.69 Å². The molecule has 0 aliphatic carbocycles. The largest absolute Gasteiger partial charge is 0.342 e. The Morgan fingerprint density at radius 2 is 2.11 bits per heavy atom. The summed E-state index contributed by atoms with van der Waals surface area (Å²) in [5.74, 6) is -0.168. The molecule has 0 spiro atoms. The zero-order valence-electron chi connectivity index (χ0n) is 11.5. The van der Waals surface area contributed by atoms with Crippen LogP contribution in [0.5, 0.6) is 0 Å². The molecule has 1 aromatic heterocycles. The number of hydrogen-bond donors (Lipinski definition) is 1. The third-order valence-electron chi connectivity index (χ3n) is 3.37. The Morgan fingerprint density at radius 3 is 2.68 bits per heavy atom. The summed E-state index contributed by atoms with van der Waals surface area (Å²) in [6.45, 7) is 5.61. The minimum atomic E-state index is -0.495. The molecule has 1 fully saturated rings. The van der Waals surface area contributed by atoms with Crippen LogP contribution in [0.25, 0.3) is 0 Å². The van der Waals surface area contributed by atoms with Crippen molar-refractivity contribution in [3.63, 3.8) is 0 Å². The van der Waals surface area contributed by atoms with Crippen molar-refractivity contribution in [2.75, 3.05) is 4.90 Å². The first-order valence-corrected chi connectivity index (χ1v) is 6.60. The molecule has 1 aromatic rings. The lowest BCUT2D eigenvalue weighted by Gasteiger charge is -2.37. The van der Waals surface area contributed by atoms with Gasteiger partial charge in [-0.15, -0.1) is 0 Å². The highest BCUT2D eigenvalue weighted by molar-refractivity contribution is 6.08. The van der Waals surface area contributed by atoms with Gasteiger partial charge in [0.15, 0.2) is 0 Å². The number of rotatable bonds is 3. The summed E-state index contributed by atoms with van der Waals surface area (Å²) < 4.78 is 0. The van der Waals surface area contributed by atoms with Crippen LogP contribution in [0.15, 0.2) is 18.3 Å². The highest BCUT2D eigenvalue weighted by Crippen LogP contribution is 2.22. The van der Waals surface area contributed by atoms with Crippen molar-refractivity contribution in [1.29, 1.82) is 0 Å². The van der Waals surface area contributed by atoms with Crippen molar-refractivity contribution in [2.24, 2.45) is 0 Å². The van der Waals surface area contributed by atoms with Crippen LogP contribution < -0.4 is 10.2 Å². The first-order valence-electron chi connectivity index (χ1n) is 6.60. The third kappa shape index (κ3) is 2.59. The van der Waals surface area contributed by atoms with Gasteiger partial charge >= 0.3 is 0 Å². The normalized spacial score (nSPS) is 23.4. The summed E-state index contributed by atoms with van der Waals surface area (Å²) in [5.41, 5.74) is 1.56. The Hall–Kier alpha value is -1.91. The van der Waals surface area contributed by atoms with Gasteiger partial charge in [0.05, 0.1) is 11.9 Å². The fourth-order valence-corrected chi connectivity index (χ4v) is 2.27. The Morgan fingerprint density at radius 1 is 1.37 bits per heavy atom. The molecule has 102 valence electrons. The molecule has 2 unspecified atom stereocenters. The van der Waals surface area contributed by atoms with Crippen molar-refractivity contribution in [3.05, 3.63) is 24.0 Å². The molecule has 5 heteroatoms. The number of aromatic nitrogens is 1. The van der Waals surface area contributed by atoms with E-state index in [0.29, 0.717) is 12.1 Å². The van der Waals surface area contributed by atoms with Crippen molar-refractivity contribution in [1.82, 2.24) is 10.3 Å². The van der Waals surface area contributed by atoms with E-state index in [0.717, 1.165) is 12.1 Å². The summed E-state index contributed by atoms with van der Waals surface area (Å²) in [5, 5.41) is 2.78. The van der Waals surface area contributed by atoms with Crippen LogP contribution in [0.2, 0.25) is 0 Å². The fourth-order valence-electron chi connectivity index (χ4n) is 2.27. The number of anilines is 1. The minimum Gasteiger partial charge on any atom is -0.342 e. The van der Waals surface area contributed by atoms with Crippen molar-refractivity contribution in [2.45, 2.75) is 45.7 Å². The second-order valence-corrected chi connectivity index (χ2v) is 4.89. The Labute approximate surface area is 113 Å². The number of amides is 2.